The SMILES string of the molecule is O=C(N=CN1C[CH]CC1)OCc1ccc([N+](=O)[O-])cc1. The number of aliphatic imine (C=N–C) groups is 1. The van der Waals surface area contributed by atoms with Gasteiger partial charge in [0, 0.05) is 25.2 Å². The molecule has 1 aliphatic heterocycles. The maximum Gasteiger partial charge on any atom is 0.435 e. The number of benzene rings is 1. The lowest BCUT2D eigenvalue weighted by molar-refractivity contribution is -0.384. The van der Waals surface area contributed by atoms with Crippen LogP contribution in [0.25, 0.3) is 0 Å². The molecule has 7 nitrogen and oxygen atoms in total. The van der Waals surface area contributed by atoms with Crippen LogP contribution in [0.2, 0.25) is 0 Å². The molecule has 20 heavy (non-hydrogen) atoms. The molecule has 0 aromatic heterocycles. The highest BCUT2D eigenvalue weighted by Gasteiger charge is 2.09. The molecule has 0 spiro atoms. The minimum Gasteiger partial charge on any atom is -0.443 e. The predicted octanol–water partition coefficient (Wildman–Crippen LogP) is 2.17. The average Bonchev–Trinajstić information content (AvgIpc) is 2.96. The zero-order valence-corrected chi connectivity index (χ0v) is 10.8. The van der Waals surface area contributed by atoms with Gasteiger partial charge in [-0.15, -0.1) is 0 Å². The fourth-order valence-electron chi connectivity index (χ4n) is 1.74. The molecule has 0 unspecified atom stereocenters. The van der Waals surface area contributed by atoms with Crippen molar-refractivity contribution in [3.63, 3.8) is 0 Å². The Bertz CT molecular complexity index is 507. The Balaban J connectivity index is 1.79. The first-order valence-corrected chi connectivity index (χ1v) is 6.15. The van der Waals surface area contributed by atoms with Crippen molar-refractivity contribution < 1.29 is 14.5 Å². The lowest BCUT2D eigenvalue weighted by Crippen LogP contribution is -2.17. The molecule has 1 aliphatic rings. The number of ether oxygens (including phenoxy) is 1. The van der Waals surface area contributed by atoms with E-state index in [9.17, 15) is 14.9 Å². The third kappa shape index (κ3) is 4.04. The number of non-ortho nitro benzene ring substituents is 1. The summed E-state index contributed by atoms with van der Waals surface area (Å²) in [6, 6.07) is 5.83. The number of carbonyl (C=O) groups excluding carboxylic acids is 1. The summed E-state index contributed by atoms with van der Waals surface area (Å²) in [5, 5.41) is 10.5. The molecule has 2 rings (SSSR count). The second-order valence-electron chi connectivity index (χ2n) is 4.29. The molecule has 1 heterocycles. The van der Waals surface area contributed by atoms with Crippen molar-refractivity contribution in [3.05, 3.63) is 46.4 Å². The number of nitro groups is 1. The highest BCUT2D eigenvalue weighted by Crippen LogP contribution is 2.12. The summed E-state index contributed by atoms with van der Waals surface area (Å²) in [4.78, 5) is 27.0. The summed E-state index contributed by atoms with van der Waals surface area (Å²) >= 11 is 0. The van der Waals surface area contributed by atoms with Crippen molar-refractivity contribution in [2.24, 2.45) is 4.99 Å². The molecule has 0 saturated carbocycles. The summed E-state index contributed by atoms with van der Waals surface area (Å²) in [5.74, 6) is 0. The first kappa shape index (κ1) is 14.0. The zero-order valence-electron chi connectivity index (χ0n) is 10.8. The minimum absolute atomic E-state index is 0.00313. The quantitative estimate of drug-likeness (QED) is 0.364. The first-order valence-electron chi connectivity index (χ1n) is 6.15. The molecule has 1 aromatic rings. The van der Waals surface area contributed by atoms with Gasteiger partial charge in [0.25, 0.3) is 5.69 Å². The van der Waals surface area contributed by atoms with Crippen LogP contribution >= 0.6 is 0 Å². The van der Waals surface area contributed by atoms with Gasteiger partial charge in [0.15, 0.2) is 0 Å². The molecule has 1 aromatic carbocycles. The predicted molar refractivity (Wildman–Crippen MR) is 72.3 cm³/mol. The molecular formula is C13H14N3O4. The van der Waals surface area contributed by atoms with E-state index < -0.39 is 11.0 Å². The second kappa shape index (κ2) is 6.65. The van der Waals surface area contributed by atoms with Crippen molar-refractivity contribution in [3.8, 4) is 0 Å². The van der Waals surface area contributed by atoms with Gasteiger partial charge in [0.2, 0.25) is 0 Å². The van der Waals surface area contributed by atoms with Gasteiger partial charge in [-0.3, -0.25) is 10.1 Å². The van der Waals surface area contributed by atoms with E-state index in [2.05, 4.69) is 11.4 Å². The fraction of sp³-hybridized carbons (Fsp3) is 0.308. The number of nitrogens with zero attached hydrogens (tertiary/aromatic N) is 3. The summed E-state index contributed by atoms with van der Waals surface area (Å²) in [5.41, 5.74) is 0.678. The highest BCUT2D eigenvalue weighted by molar-refractivity contribution is 5.78. The van der Waals surface area contributed by atoms with Gasteiger partial charge in [-0.2, -0.15) is 4.99 Å². The Hall–Kier alpha value is -2.44. The van der Waals surface area contributed by atoms with Crippen LogP contribution in [-0.4, -0.2) is 35.3 Å². The van der Waals surface area contributed by atoms with Crippen LogP contribution in [0.15, 0.2) is 29.3 Å². The van der Waals surface area contributed by atoms with Crippen molar-refractivity contribution in [2.75, 3.05) is 13.1 Å². The number of rotatable bonds is 4. The standard InChI is InChI=1S/C13H14N3O4/c17-13(14-10-15-7-1-2-8-15)20-9-11-3-5-12(6-4-11)16(18)19/h1,3-6,10H,2,7-9H2. The largest absolute Gasteiger partial charge is 0.443 e. The van der Waals surface area contributed by atoms with E-state index in [1.807, 2.05) is 4.90 Å². The molecule has 7 heteroatoms. The van der Waals surface area contributed by atoms with E-state index in [0.29, 0.717) is 5.56 Å². The van der Waals surface area contributed by atoms with Crippen molar-refractivity contribution in [1.29, 1.82) is 0 Å². The topological polar surface area (TPSA) is 85.0 Å². The van der Waals surface area contributed by atoms with Crippen LogP contribution in [0.5, 0.6) is 0 Å². The minimum atomic E-state index is -0.671. The third-order valence-electron chi connectivity index (χ3n) is 2.82. The van der Waals surface area contributed by atoms with E-state index in [-0.39, 0.29) is 12.3 Å². The van der Waals surface area contributed by atoms with Gasteiger partial charge in [0.05, 0.1) is 11.3 Å². The number of likely N-dealkylation sites (tertiary alicyclic amines) is 1. The summed E-state index contributed by atoms with van der Waals surface area (Å²) in [6.45, 7) is 1.69. The maximum atomic E-state index is 11.4. The van der Waals surface area contributed by atoms with Crippen LogP contribution < -0.4 is 0 Å². The number of amides is 1. The highest BCUT2D eigenvalue weighted by atomic mass is 16.6. The third-order valence-corrected chi connectivity index (χ3v) is 2.82. The maximum absolute atomic E-state index is 11.4. The second-order valence-corrected chi connectivity index (χ2v) is 4.29. The van der Waals surface area contributed by atoms with Crippen LogP contribution in [0.1, 0.15) is 12.0 Å². The molecule has 0 aliphatic carbocycles. The lowest BCUT2D eigenvalue weighted by atomic mass is 10.2. The van der Waals surface area contributed by atoms with Crippen LogP contribution in [0.3, 0.4) is 0 Å². The van der Waals surface area contributed by atoms with Crippen molar-refractivity contribution in [1.82, 2.24) is 4.90 Å². The van der Waals surface area contributed by atoms with E-state index in [4.69, 9.17) is 4.74 Å². The molecule has 105 valence electrons. The van der Waals surface area contributed by atoms with Gasteiger partial charge < -0.3 is 9.64 Å². The molecule has 1 amide bonds. The van der Waals surface area contributed by atoms with E-state index >= 15 is 0 Å². The van der Waals surface area contributed by atoms with Crippen LogP contribution in [-0.2, 0) is 11.3 Å². The van der Waals surface area contributed by atoms with Crippen molar-refractivity contribution >= 4 is 18.1 Å². The molecule has 0 atom stereocenters. The summed E-state index contributed by atoms with van der Waals surface area (Å²) in [7, 11) is 0. The Morgan fingerprint density at radius 3 is 2.80 bits per heavy atom. The summed E-state index contributed by atoms with van der Waals surface area (Å²) < 4.78 is 4.94. The Morgan fingerprint density at radius 2 is 2.20 bits per heavy atom. The van der Waals surface area contributed by atoms with Gasteiger partial charge in [-0.25, -0.2) is 4.79 Å². The number of hydrogen-bond acceptors (Lipinski definition) is 4. The normalized spacial score (nSPS) is 14.7. The van der Waals surface area contributed by atoms with Crippen molar-refractivity contribution in [2.45, 2.75) is 13.0 Å². The average molecular weight is 276 g/mol. The molecule has 0 N–H and O–H groups in total. The number of carbonyl (C=O) groups is 1. The number of nitro benzene ring substituents is 1. The van der Waals surface area contributed by atoms with Gasteiger partial charge in [-0.05, 0) is 30.5 Å². The first-order chi connectivity index (χ1) is 9.65. The molecule has 1 radical (unpaired) electrons. The van der Waals surface area contributed by atoms with E-state index in [1.165, 1.54) is 18.5 Å². The van der Waals surface area contributed by atoms with Crippen LogP contribution in [0.4, 0.5) is 10.5 Å². The lowest BCUT2D eigenvalue weighted by Gasteiger charge is -2.08. The Labute approximate surface area is 116 Å². The van der Waals surface area contributed by atoms with Gasteiger partial charge in [0.1, 0.15) is 6.61 Å². The smallest absolute Gasteiger partial charge is 0.435 e. The number of hydrogen-bond donors (Lipinski definition) is 0. The van der Waals surface area contributed by atoms with Gasteiger partial charge >= 0.3 is 6.09 Å². The van der Waals surface area contributed by atoms with E-state index in [0.717, 1.165) is 19.5 Å². The Kier molecular flexibility index (Phi) is 4.65. The zero-order chi connectivity index (χ0) is 14.4. The molecule has 0 bridgehead atoms. The molecule has 1 saturated heterocycles. The Morgan fingerprint density at radius 1 is 1.45 bits per heavy atom. The van der Waals surface area contributed by atoms with E-state index in [1.54, 1.807) is 12.1 Å². The summed E-state index contributed by atoms with van der Waals surface area (Å²) in [6.07, 6.45) is 3.90. The molecule has 1 fully saturated rings. The fourth-order valence-corrected chi connectivity index (χ4v) is 1.74. The van der Waals surface area contributed by atoms with Crippen LogP contribution in [0, 0.1) is 16.5 Å². The molecular weight excluding hydrogens is 262 g/mol. The van der Waals surface area contributed by atoms with Gasteiger partial charge in [-0.1, -0.05) is 0 Å². The monoisotopic (exact) mass is 276 g/mol.